The van der Waals surface area contributed by atoms with Gasteiger partial charge < -0.3 is 15.1 Å². The van der Waals surface area contributed by atoms with Crippen LogP contribution in [0.5, 0.6) is 0 Å². The van der Waals surface area contributed by atoms with E-state index in [1.165, 1.54) is 6.20 Å². The maximum atomic E-state index is 12.4. The number of nitrogens with one attached hydrogen (secondary N) is 1. The number of aromatic nitrogens is 1. The number of benzene rings is 1. The molecular formula is C17H17ClN4O2. The normalized spacial score (nSPS) is 14.4. The average Bonchev–Trinajstić information content (AvgIpc) is 2.64. The second-order valence-corrected chi connectivity index (χ2v) is 5.96. The summed E-state index contributed by atoms with van der Waals surface area (Å²) in [6.07, 6.45) is 4.14. The monoisotopic (exact) mass is 344 g/mol. The number of nitrogens with zero attached hydrogens (tertiary/aromatic N) is 3. The van der Waals surface area contributed by atoms with Gasteiger partial charge in [0, 0.05) is 43.1 Å². The largest absolute Gasteiger partial charge is 0.367 e. The highest BCUT2D eigenvalue weighted by Crippen LogP contribution is 2.18. The first-order chi connectivity index (χ1) is 11.7. The molecule has 6 nitrogen and oxygen atoms in total. The molecule has 1 fully saturated rings. The first-order valence-corrected chi connectivity index (χ1v) is 8.00. The minimum absolute atomic E-state index is 0.224. The number of hydrogen-bond acceptors (Lipinski definition) is 4. The summed E-state index contributed by atoms with van der Waals surface area (Å²) in [5, 5.41) is 3.44. The molecule has 24 heavy (non-hydrogen) atoms. The van der Waals surface area contributed by atoms with Crippen molar-refractivity contribution in [2.45, 2.75) is 0 Å². The molecule has 2 aromatic rings. The number of hydrogen-bond donors (Lipinski definition) is 1. The Hall–Kier alpha value is -2.60. The third-order valence-corrected chi connectivity index (χ3v) is 4.17. The summed E-state index contributed by atoms with van der Waals surface area (Å²) in [6, 6.07) is 8.75. The average molecular weight is 345 g/mol. The van der Waals surface area contributed by atoms with Crippen LogP contribution in [0.25, 0.3) is 0 Å². The summed E-state index contributed by atoms with van der Waals surface area (Å²) in [5.74, 6) is -0.224. The number of pyridine rings is 1. The molecule has 0 unspecified atom stereocenters. The maximum absolute atomic E-state index is 12.4. The van der Waals surface area contributed by atoms with Crippen molar-refractivity contribution in [1.82, 2.24) is 9.88 Å². The van der Waals surface area contributed by atoms with E-state index in [9.17, 15) is 9.59 Å². The Balaban J connectivity index is 1.69. The Labute approximate surface area is 145 Å². The smallest absolute Gasteiger partial charge is 0.257 e. The molecule has 0 aliphatic carbocycles. The van der Waals surface area contributed by atoms with Gasteiger partial charge in [0.1, 0.15) is 0 Å². The van der Waals surface area contributed by atoms with Crippen LogP contribution in [0, 0.1) is 0 Å². The zero-order valence-corrected chi connectivity index (χ0v) is 13.7. The number of carbonyl (C=O) groups is 2. The number of amides is 2. The molecule has 1 aliphatic heterocycles. The lowest BCUT2D eigenvalue weighted by molar-refractivity contribution is -0.118. The molecule has 0 atom stereocenters. The van der Waals surface area contributed by atoms with E-state index in [0.29, 0.717) is 29.4 Å². The second-order valence-electron chi connectivity index (χ2n) is 5.52. The van der Waals surface area contributed by atoms with Crippen LogP contribution in [0.15, 0.2) is 42.7 Å². The van der Waals surface area contributed by atoms with E-state index < -0.39 is 0 Å². The van der Waals surface area contributed by atoms with E-state index in [2.05, 4.69) is 15.2 Å². The van der Waals surface area contributed by atoms with Crippen LogP contribution in [-0.4, -0.2) is 48.4 Å². The van der Waals surface area contributed by atoms with Crippen molar-refractivity contribution >= 4 is 35.3 Å². The molecule has 0 radical (unpaired) electrons. The molecular weight excluding hydrogens is 328 g/mol. The topological polar surface area (TPSA) is 65.5 Å². The van der Waals surface area contributed by atoms with E-state index in [4.69, 9.17) is 11.6 Å². The van der Waals surface area contributed by atoms with Crippen molar-refractivity contribution in [1.29, 1.82) is 0 Å². The third-order valence-electron chi connectivity index (χ3n) is 3.92. The Kier molecular flexibility index (Phi) is 4.96. The number of halogens is 1. The standard InChI is InChI=1S/C17H17ClN4O2/c18-14-1-3-15(4-2-14)20-17(24)13-9-16(11-19-10-13)22-7-5-21(12-23)6-8-22/h1-4,9-12H,5-8H2,(H,20,24). The Morgan fingerprint density at radius 1 is 1.12 bits per heavy atom. The molecule has 7 heteroatoms. The van der Waals surface area contributed by atoms with E-state index in [0.717, 1.165) is 25.2 Å². The zero-order valence-electron chi connectivity index (χ0n) is 13.0. The fourth-order valence-electron chi connectivity index (χ4n) is 2.55. The van der Waals surface area contributed by atoms with Gasteiger partial charge in [-0.3, -0.25) is 14.6 Å². The van der Waals surface area contributed by atoms with Gasteiger partial charge in [0.05, 0.1) is 17.4 Å². The van der Waals surface area contributed by atoms with E-state index in [1.54, 1.807) is 35.4 Å². The highest BCUT2D eigenvalue weighted by atomic mass is 35.5. The highest BCUT2D eigenvalue weighted by Gasteiger charge is 2.17. The van der Waals surface area contributed by atoms with Crippen molar-refractivity contribution in [3.05, 3.63) is 53.3 Å². The number of piperazine rings is 1. The SMILES string of the molecule is O=CN1CCN(c2cncc(C(=O)Nc3ccc(Cl)cc3)c2)CC1. The van der Waals surface area contributed by atoms with Gasteiger partial charge in [0.25, 0.3) is 5.91 Å². The molecule has 124 valence electrons. The van der Waals surface area contributed by atoms with Gasteiger partial charge in [-0.05, 0) is 30.3 Å². The van der Waals surface area contributed by atoms with Gasteiger partial charge in [0.2, 0.25) is 6.41 Å². The Morgan fingerprint density at radius 3 is 2.50 bits per heavy atom. The predicted molar refractivity (Wildman–Crippen MR) is 93.5 cm³/mol. The van der Waals surface area contributed by atoms with Gasteiger partial charge in [-0.1, -0.05) is 11.6 Å². The molecule has 3 rings (SSSR count). The molecule has 1 aromatic carbocycles. The van der Waals surface area contributed by atoms with Crippen molar-refractivity contribution in [3.63, 3.8) is 0 Å². The first kappa shape index (κ1) is 16.3. The van der Waals surface area contributed by atoms with E-state index in [-0.39, 0.29) is 5.91 Å². The summed E-state index contributed by atoms with van der Waals surface area (Å²) < 4.78 is 0. The van der Waals surface area contributed by atoms with Crippen molar-refractivity contribution in [2.24, 2.45) is 0 Å². The van der Waals surface area contributed by atoms with E-state index in [1.807, 2.05) is 6.07 Å². The van der Waals surface area contributed by atoms with Crippen LogP contribution in [0.3, 0.4) is 0 Å². The summed E-state index contributed by atoms with van der Waals surface area (Å²) in [7, 11) is 0. The summed E-state index contributed by atoms with van der Waals surface area (Å²) >= 11 is 5.84. The van der Waals surface area contributed by atoms with Crippen molar-refractivity contribution in [3.8, 4) is 0 Å². The van der Waals surface area contributed by atoms with Crippen LogP contribution in [-0.2, 0) is 4.79 Å². The summed E-state index contributed by atoms with van der Waals surface area (Å²) in [5.41, 5.74) is 2.04. The summed E-state index contributed by atoms with van der Waals surface area (Å²) in [4.78, 5) is 31.2. The number of anilines is 2. The quantitative estimate of drug-likeness (QED) is 0.864. The van der Waals surface area contributed by atoms with Gasteiger partial charge in [-0.2, -0.15) is 0 Å². The summed E-state index contributed by atoms with van der Waals surface area (Å²) in [6.45, 7) is 2.79. The van der Waals surface area contributed by atoms with Crippen LogP contribution >= 0.6 is 11.6 Å². The third kappa shape index (κ3) is 3.83. The lowest BCUT2D eigenvalue weighted by atomic mass is 10.2. The Bertz CT molecular complexity index is 728. The molecule has 1 saturated heterocycles. The van der Waals surface area contributed by atoms with Gasteiger partial charge in [-0.25, -0.2) is 0 Å². The number of carbonyl (C=O) groups excluding carboxylic acids is 2. The molecule has 0 bridgehead atoms. The first-order valence-electron chi connectivity index (χ1n) is 7.62. The zero-order chi connectivity index (χ0) is 16.9. The fraction of sp³-hybridized carbons (Fsp3) is 0.235. The molecule has 1 N–H and O–H groups in total. The minimum Gasteiger partial charge on any atom is -0.367 e. The molecule has 2 heterocycles. The lowest BCUT2D eigenvalue weighted by Gasteiger charge is -2.34. The molecule has 0 saturated carbocycles. The predicted octanol–water partition coefficient (Wildman–Crippen LogP) is 2.27. The molecule has 1 aromatic heterocycles. The fourth-order valence-corrected chi connectivity index (χ4v) is 2.67. The maximum Gasteiger partial charge on any atom is 0.257 e. The van der Waals surface area contributed by atoms with Crippen LogP contribution < -0.4 is 10.2 Å². The lowest BCUT2D eigenvalue weighted by Crippen LogP contribution is -2.45. The minimum atomic E-state index is -0.224. The second kappa shape index (κ2) is 7.31. The van der Waals surface area contributed by atoms with Crippen molar-refractivity contribution in [2.75, 3.05) is 36.4 Å². The molecule has 2 amide bonds. The van der Waals surface area contributed by atoms with Gasteiger partial charge in [-0.15, -0.1) is 0 Å². The van der Waals surface area contributed by atoms with Gasteiger partial charge >= 0.3 is 0 Å². The van der Waals surface area contributed by atoms with E-state index >= 15 is 0 Å². The van der Waals surface area contributed by atoms with Gasteiger partial charge in [0.15, 0.2) is 0 Å². The Morgan fingerprint density at radius 2 is 1.83 bits per heavy atom. The highest BCUT2D eigenvalue weighted by molar-refractivity contribution is 6.30. The molecule has 0 spiro atoms. The van der Waals surface area contributed by atoms with Crippen LogP contribution in [0.2, 0.25) is 5.02 Å². The molecule has 1 aliphatic rings. The van der Waals surface area contributed by atoms with Crippen LogP contribution in [0.1, 0.15) is 10.4 Å². The number of rotatable bonds is 4. The van der Waals surface area contributed by atoms with Crippen LogP contribution in [0.4, 0.5) is 11.4 Å². The van der Waals surface area contributed by atoms with Crippen molar-refractivity contribution < 1.29 is 9.59 Å².